The highest BCUT2D eigenvalue weighted by Crippen LogP contribution is 2.17. The second-order valence-electron chi connectivity index (χ2n) is 17.3. The zero-order valence-electron chi connectivity index (χ0n) is 36.8. The molecule has 320 valence electrons. The lowest BCUT2D eigenvalue weighted by molar-refractivity contribution is -0.167. The van der Waals surface area contributed by atoms with Crippen molar-refractivity contribution in [1.82, 2.24) is 0 Å². The standard InChI is InChI=1S/C48H92O6/c1-6-7-8-9-10-11-12-13-14-18-23-28-33-38-46(49)52-41-45(42-53-47(50)39-34-29-25-20-22-27-32-37-44(4)5)54-48(51)40-35-30-24-19-16-15-17-21-26-31-36-43(2)3/h43-45H,6-42H2,1-5H3/t45-/m1/s1. The highest BCUT2D eigenvalue weighted by Gasteiger charge is 2.19. The third kappa shape index (κ3) is 41.6. The van der Waals surface area contributed by atoms with Gasteiger partial charge in [-0.05, 0) is 31.1 Å². The van der Waals surface area contributed by atoms with Crippen molar-refractivity contribution in [3.8, 4) is 0 Å². The van der Waals surface area contributed by atoms with Crippen molar-refractivity contribution in [2.45, 2.75) is 265 Å². The maximum Gasteiger partial charge on any atom is 0.306 e. The van der Waals surface area contributed by atoms with Gasteiger partial charge in [-0.15, -0.1) is 0 Å². The first-order valence-corrected chi connectivity index (χ1v) is 23.7. The maximum atomic E-state index is 12.7. The third-order valence-corrected chi connectivity index (χ3v) is 10.7. The van der Waals surface area contributed by atoms with Gasteiger partial charge < -0.3 is 14.2 Å². The van der Waals surface area contributed by atoms with Crippen molar-refractivity contribution in [1.29, 1.82) is 0 Å². The number of hydrogen-bond donors (Lipinski definition) is 0. The van der Waals surface area contributed by atoms with Crippen LogP contribution in [0.1, 0.15) is 259 Å². The van der Waals surface area contributed by atoms with Crippen LogP contribution >= 0.6 is 0 Å². The molecule has 6 heteroatoms. The summed E-state index contributed by atoms with van der Waals surface area (Å²) in [6, 6.07) is 0. The van der Waals surface area contributed by atoms with Gasteiger partial charge in [0.25, 0.3) is 0 Å². The van der Waals surface area contributed by atoms with Crippen molar-refractivity contribution in [2.24, 2.45) is 11.8 Å². The lowest BCUT2D eigenvalue weighted by Crippen LogP contribution is -2.30. The van der Waals surface area contributed by atoms with Gasteiger partial charge in [-0.2, -0.15) is 0 Å². The molecule has 6 nitrogen and oxygen atoms in total. The molecule has 0 bridgehead atoms. The van der Waals surface area contributed by atoms with E-state index in [9.17, 15) is 14.4 Å². The number of rotatable bonds is 42. The van der Waals surface area contributed by atoms with Crippen LogP contribution in [0.5, 0.6) is 0 Å². The van der Waals surface area contributed by atoms with Crippen LogP contribution in [0, 0.1) is 11.8 Å². The third-order valence-electron chi connectivity index (χ3n) is 10.7. The normalized spacial score (nSPS) is 12.1. The fourth-order valence-electron chi connectivity index (χ4n) is 7.11. The highest BCUT2D eigenvalue weighted by atomic mass is 16.6. The van der Waals surface area contributed by atoms with Crippen LogP contribution in [-0.4, -0.2) is 37.2 Å². The minimum atomic E-state index is -0.761. The van der Waals surface area contributed by atoms with Gasteiger partial charge in [0.1, 0.15) is 13.2 Å². The summed E-state index contributed by atoms with van der Waals surface area (Å²) in [5.41, 5.74) is 0. The summed E-state index contributed by atoms with van der Waals surface area (Å²) >= 11 is 0. The molecular weight excluding hydrogens is 673 g/mol. The number of carbonyl (C=O) groups is 3. The molecule has 0 aromatic rings. The van der Waals surface area contributed by atoms with Gasteiger partial charge in [0, 0.05) is 19.3 Å². The number of carbonyl (C=O) groups excluding carboxylic acids is 3. The summed E-state index contributed by atoms with van der Waals surface area (Å²) in [5.74, 6) is 0.740. The zero-order chi connectivity index (χ0) is 39.7. The minimum Gasteiger partial charge on any atom is -0.462 e. The van der Waals surface area contributed by atoms with Gasteiger partial charge >= 0.3 is 17.9 Å². The van der Waals surface area contributed by atoms with E-state index < -0.39 is 6.10 Å². The molecule has 0 heterocycles. The first kappa shape index (κ1) is 52.4. The average Bonchev–Trinajstić information content (AvgIpc) is 3.14. The van der Waals surface area contributed by atoms with Crippen LogP contribution in [0.2, 0.25) is 0 Å². The Morgan fingerprint density at radius 3 is 0.907 bits per heavy atom. The Morgan fingerprint density at radius 2 is 0.611 bits per heavy atom. The summed E-state index contributed by atoms with van der Waals surface area (Å²) in [4.78, 5) is 37.7. The number of ether oxygens (including phenoxy) is 3. The maximum absolute atomic E-state index is 12.7. The Hall–Kier alpha value is -1.59. The molecule has 0 spiro atoms. The molecule has 0 fully saturated rings. The second kappa shape index (κ2) is 41.1. The van der Waals surface area contributed by atoms with Crippen LogP contribution in [0.15, 0.2) is 0 Å². The molecule has 0 rings (SSSR count). The molecule has 1 atom stereocenters. The lowest BCUT2D eigenvalue weighted by Gasteiger charge is -2.18. The smallest absolute Gasteiger partial charge is 0.306 e. The Bertz CT molecular complexity index is 824. The van der Waals surface area contributed by atoms with E-state index in [1.54, 1.807) is 0 Å². The van der Waals surface area contributed by atoms with E-state index in [2.05, 4.69) is 34.6 Å². The van der Waals surface area contributed by atoms with E-state index in [4.69, 9.17) is 14.2 Å². The zero-order valence-corrected chi connectivity index (χ0v) is 36.8. The molecule has 0 radical (unpaired) electrons. The summed E-state index contributed by atoms with van der Waals surface area (Å²) in [6.07, 6.45) is 39.5. The topological polar surface area (TPSA) is 78.9 Å². The van der Waals surface area contributed by atoms with Crippen molar-refractivity contribution in [2.75, 3.05) is 13.2 Å². The fourth-order valence-corrected chi connectivity index (χ4v) is 7.11. The van der Waals surface area contributed by atoms with Gasteiger partial charge in [0.05, 0.1) is 0 Å². The van der Waals surface area contributed by atoms with Crippen LogP contribution in [0.3, 0.4) is 0 Å². The van der Waals surface area contributed by atoms with Gasteiger partial charge in [0.15, 0.2) is 6.10 Å². The van der Waals surface area contributed by atoms with Gasteiger partial charge in [-0.3, -0.25) is 14.4 Å². The summed E-state index contributed by atoms with van der Waals surface area (Å²) in [5, 5.41) is 0. The lowest BCUT2D eigenvalue weighted by atomic mass is 10.0. The van der Waals surface area contributed by atoms with E-state index in [0.29, 0.717) is 19.3 Å². The molecule has 0 aliphatic rings. The molecule has 0 N–H and O–H groups in total. The van der Waals surface area contributed by atoms with Crippen molar-refractivity contribution < 1.29 is 28.6 Å². The first-order valence-electron chi connectivity index (χ1n) is 23.7. The molecular formula is C48H92O6. The number of hydrogen-bond acceptors (Lipinski definition) is 6. The fraction of sp³-hybridized carbons (Fsp3) is 0.938. The molecule has 0 aliphatic heterocycles. The van der Waals surface area contributed by atoms with E-state index in [-0.39, 0.29) is 31.1 Å². The average molecular weight is 765 g/mol. The predicted molar refractivity (Wildman–Crippen MR) is 229 cm³/mol. The largest absolute Gasteiger partial charge is 0.462 e. The summed E-state index contributed by atoms with van der Waals surface area (Å²) in [6.45, 7) is 11.3. The Morgan fingerprint density at radius 1 is 0.352 bits per heavy atom. The van der Waals surface area contributed by atoms with Crippen molar-refractivity contribution >= 4 is 17.9 Å². The Kier molecular flexibility index (Phi) is 39.8. The van der Waals surface area contributed by atoms with Gasteiger partial charge in [-0.1, -0.05) is 221 Å². The molecule has 0 aliphatic carbocycles. The van der Waals surface area contributed by atoms with Crippen LogP contribution in [0.4, 0.5) is 0 Å². The predicted octanol–water partition coefficient (Wildman–Crippen LogP) is 15.0. The molecule has 0 amide bonds. The van der Waals surface area contributed by atoms with Crippen molar-refractivity contribution in [3.05, 3.63) is 0 Å². The van der Waals surface area contributed by atoms with Crippen LogP contribution < -0.4 is 0 Å². The summed E-state index contributed by atoms with van der Waals surface area (Å²) < 4.78 is 16.7. The SMILES string of the molecule is CCCCCCCCCCCCCCCC(=O)OC[C@H](COC(=O)CCCCCCCCCC(C)C)OC(=O)CCCCCCCCCCCCC(C)C. The molecule has 0 saturated heterocycles. The first-order chi connectivity index (χ1) is 26.2. The second-order valence-corrected chi connectivity index (χ2v) is 17.3. The van der Waals surface area contributed by atoms with Gasteiger partial charge in [-0.25, -0.2) is 0 Å². The quantitative estimate of drug-likeness (QED) is 0.0350. The van der Waals surface area contributed by atoms with E-state index in [0.717, 1.165) is 69.6 Å². The highest BCUT2D eigenvalue weighted by molar-refractivity contribution is 5.71. The number of unbranched alkanes of at least 4 members (excludes halogenated alkanes) is 27. The Labute approximate surface area is 336 Å². The molecule has 0 aromatic carbocycles. The van der Waals surface area contributed by atoms with E-state index in [1.165, 1.54) is 148 Å². The van der Waals surface area contributed by atoms with Crippen LogP contribution in [0.25, 0.3) is 0 Å². The van der Waals surface area contributed by atoms with E-state index >= 15 is 0 Å². The molecule has 0 saturated carbocycles. The molecule has 54 heavy (non-hydrogen) atoms. The van der Waals surface area contributed by atoms with Crippen molar-refractivity contribution in [3.63, 3.8) is 0 Å². The monoisotopic (exact) mass is 765 g/mol. The van der Waals surface area contributed by atoms with E-state index in [1.807, 2.05) is 0 Å². The molecule has 0 unspecified atom stereocenters. The van der Waals surface area contributed by atoms with Crippen LogP contribution in [-0.2, 0) is 28.6 Å². The minimum absolute atomic E-state index is 0.0649. The Balaban J connectivity index is 4.33. The molecule has 0 aromatic heterocycles. The van der Waals surface area contributed by atoms with Gasteiger partial charge in [0.2, 0.25) is 0 Å². The summed E-state index contributed by atoms with van der Waals surface area (Å²) in [7, 11) is 0. The number of esters is 3.